The highest BCUT2D eigenvalue weighted by molar-refractivity contribution is 8.93. The van der Waals surface area contributed by atoms with Gasteiger partial charge < -0.3 is 10.5 Å². The molecule has 0 aromatic carbocycles. The monoisotopic (exact) mass is 263 g/mol. The lowest BCUT2D eigenvalue weighted by atomic mass is 9.57. The average molecular weight is 264 g/mol. The highest BCUT2D eigenvalue weighted by Crippen LogP contribution is 2.51. The zero-order chi connectivity index (χ0) is 9.53. The van der Waals surface area contributed by atoms with Crippen LogP contribution < -0.4 is 5.73 Å². The Kier molecular flexibility index (Phi) is 3.26. The standard InChI is InChI=1S/C10H17NO2.BrH/c1-13-8(12)9-2-5-10(11,6-3-9)7-4-9;/h2-7,11H2,1H3;1H. The van der Waals surface area contributed by atoms with E-state index in [-0.39, 0.29) is 33.9 Å². The molecule has 82 valence electrons. The van der Waals surface area contributed by atoms with Gasteiger partial charge >= 0.3 is 5.97 Å². The van der Waals surface area contributed by atoms with Crippen LogP contribution in [0.2, 0.25) is 0 Å². The number of fused-ring (bicyclic) bond motifs is 3. The van der Waals surface area contributed by atoms with Crippen LogP contribution in [-0.2, 0) is 9.53 Å². The minimum Gasteiger partial charge on any atom is -0.469 e. The van der Waals surface area contributed by atoms with Gasteiger partial charge in [-0.1, -0.05) is 0 Å². The number of rotatable bonds is 1. The molecule has 0 radical (unpaired) electrons. The molecule has 3 aliphatic carbocycles. The van der Waals surface area contributed by atoms with E-state index in [1.807, 2.05) is 0 Å². The van der Waals surface area contributed by atoms with Crippen LogP contribution in [-0.4, -0.2) is 18.6 Å². The summed E-state index contributed by atoms with van der Waals surface area (Å²) in [6, 6.07) is 0. The summed E-state index contributed by atoms with van der Waals surface area (Å²) in [7, 11) is 1.48. The minimum atomic E-state index is -0.171. The van der Waals surface area contributed by atoms with Gasteiger partial charge in [0.1, 0.15) is 0 Å². The predicted molar refractivity (Wildman–Crippen MR) is 59.4 cm³/mol. The third-order valence-electron chi connectivity index (χ3n) is 3.92. The van der Waals surface area contributed by atoms with Crippen molar-refractivity contribution >= 4 is 23.0 Å². The fourth-order valence-electron chi connectivity index (χ4n) is 2.74. The van der Waals surface area contributed by atoms with Gasteiger partial charge in [0.15, 0.2) is 0 Å². The molecule has 3 aliphatic rings. The first-order valence-corrected chi connectivity index (χ1v) is 4.98. The summed E-state index contributed by atoms with van der Waals surface area (Å²) in [6.45, 7) is 0. The number of ether oxygens (including phenoxy) is 1. The van der Waals surface area contributed by atoms with Crippen LogP contribution in [0.3, 0.4) is 0 Å². The molecular formula is C10H18BrNO2. The summed E-state index contributed by atoms with van der Waals surface area (Å²) in [5.41, 5.74) is 6.01. The van der Waals surface area contributed by atoms with Crippen LogP contribution in [0.5, 0.6) is 0 Å². The third-order valence-corrected chi connectivity index (χ3v) is 3.92. The van der Waals surface area contributed by atoms with E-state index in [9.17, 15) is 4.79 Å². The minimum absolute atomic E-state index is 0. The molecule has 3 nitrogen and oxygen atoms in total. The SMILES string of the molecule is Br.COC(=O)C12CCC(N)(CC1)CC2. The maximum Gasteiger partial charge on any atom is 0.311 e. The van der Waals surface area contributed by atoms with Gasteiger partial charge in [-0.05, 0) is 38.5 Å². The van der Waals surface area contributed by atoms with E-state index in [1.165, 1.54) is 7.11 Å². The molecule has 3 saturated carbocycles. The van der Waals surface area contributed by atoms with Gasteiger partial charge in [0.05, 0.1) is 12.5 Å². The van der Waals surface area contributed by atoms with Crippen molar-refractivity contribution in [3.63, 3.8) is 0 Å². The molecule has 0 aliphatic heterocycles. The van der Waals surface area contributed by atoms with E-state index >= 15 is 0 Å². The van der Waals surface area contributed by atoms with Crippen molar-refractivity contribution in [3.05, 3.63) is 0 Å². The largest absolute Gasteiger partial charge is 0.469 e. The number of esters is 1. The van der Waals surface area contributed by atoms with Crippen molar-refractivity contribution < 1.29 is 9.53 Å². The van der Waals surface area contributed by atoms with E-state index in [1.54, 1.807) is 0 Å². The molecule has 2 bridgehead atoms. The van der Waals surface area contributed by atoms with Crippen LogP contribution in [0.15, 0.2) is 0 Å². The highest BCUT2D eigenvalue weighted by atomic mass is 79.9. The predicted octanol–water partition coefficient (Wildman–Crippen LogP) is 1.79. The number of methoxy groups -OCH3 is 1. The Bertz CT molecular complexity index is 218. The molecule has 3 fully saturated rings. The van der Waals surface area contributed by atoms with E-state index in [0.717, 1.165) is 38.5 Å². The molecular weight excluding hydrogens is 246 g/mol. The van der Waals surface area contributed by atoms with Crippen molar-refractivity contribution in [1.29, 1.82) is 0 Å². The summed E-state index contributed by atoms with van der Waals surface area (Å²) >= 11 is 0. The summed E-state index contributed by atoms with van der Waals surface area (Å²) in [5, 5.41) is 0. The fraction of sp³-hybridized carbons (Fsp3) is 0.900. The average Bonchev–Trinajstić information content (AvgIpc) is 2.18. The first-order chi connectivity index (χ1) is 6.10. The number of hydrogen-bond donors (Lipinski definition) is 1. The Labute approximate surface area is 95.1 Å². The second-order valence-corrected chi connectivity index (χ2v) is 4.63. The maximum absolute atomic E-state index is 11.6. The van der Waals surface area contributed by atoms with E-state index in [4.69, 9.17) is 10.5 Å². The third kappa shape index (κ3) is 1.70. The normalized spacial score (nSPS) is 40.1. The zero-order valence-corrected chi connectivity index (χ0v) is 10.3. The molecule has 0 saturated heterocycles. The van der Waals surface area contributed by atoms with E-state index in [2.05, 4.69) is 0 Å². The Morgan fingerprint density at radius 3 is 1.93 bits per heavy atom. The lowest BCUT2D eigenvalue weighted by molar-refractivity contribution is -0.159. The topological polar surface area (TPSA) is 52.3 Å². The van der Waals surface area contributed by atoms with Crippen LogP contribution >= 0.6 is 17.0 Å². The number of nitrogens with two attached hydrogens (primary N) is 1. The molecule has 0 atom stereocenters. The van der Waals surface area contributed by atoms with Crippen LogP contribution in [0.1, 0.15) is 38.5 Å². The molecule has 0 amide bonds. The van der Waals surface area contributed by atoms with Gasteiger partial charge in [-0.15, -0.1) is 17.0 Å². The molecule has 2 N–H and O–H groups in total. The summed E-state index contributed by atoms with van der Waals surface area (Å²) < 4.78 is 4.86. The second-order valence-electron chi connectivity index (χ2n) is 4.63. The first-order valence-electron chi connectivity index (χ1n) is 4.98. The Hall–Kier alpha value is -0.0900. The fourth-order valence-corrected chi connectivity index (χ4v) is 2.74. The lowest BCUT2D eigenvalue weighted by Gasteiger charge is -2.49. The number of carbonyl (C=O) groups excluding carboxylic acids is 1. The van der Waals surface area contributed by atoms with Crippen molar-refractivity contribution in [3.8, 4) is 0 Å². The van der Waals surface area contributed by atoms with Crippen LogP contribution in [0.25, 0.3) is 0 Å². The zero-order valence-electron chi connectivity index (χ0n) is 8.54. The highest BCUT2D eigenvalue weighted by Gasteiger charge is 2.51. The Morgan fingerprint density at radius 2 is 1.57 bits per heavy atom. The molecule has 0 aromatic rings. The molecule has 14 heavy (non-hydrogen) atoms. The van der Waals surface area contributed by atoms with Gasteiger partial charge in [0.25, 0.3) is 0 Å². The van der Waals surface area contributed by atoms with E-state index in [0.29, 0.717) is 0 Å². The first kappa shape index (κ1) is 12.0. The summed E-state index contributed by atoms with van der Waals surface area (Å²) in [5.74, 6) is -0.0192. The number of carbonyl (C=O) groups is 1. The van der Waals surface area contributed by atoms with Gasteiger partial charge in [-0.3, -0.25) is 4.79 Å². The van der Waals surface area contributed by atoms with E-state index < -0.39 is 0 Å². The van der Waals surface area contributed by atoms with Crippen molar-refractivity contribution in [1.82, 2.24) is 0 Å². The molecule has 0 unspecified atom stereocenters. The van der Waals surface area contributed by atoms with Crippen LogP contribution in [0, 0.1) is 5.41 Å². The lowest BCUT2D eigenvalue weighted by Crippen LogP contribution is -2.54. The van der Waals surface area contributed by atoms with Crippen molar-refractivity contribution in [2.75, 3.05) is 7.11 Å². The molecule has 0 aromatic heterocycles. The molecule has 0 heterocycles. The molecule has 0 spiro atoms. The van der Waals surface area contributed by atoms with Gasteiger partial charge in [-0.25, -0.2) is 0 Å². The number of halogens is 1. The quantitative estimate of drug-likeness (QED) is 0.734. The summed E-state index contributed by atoms with van der Waals surface area (Å²) in [6.07, 6.45) is 5.74. The molecule has 3 rings (SSSR count). The van der Waals surface area contributed by atoms with Crippen molar-refractivity contribution in [2.24, 2.45) is 11.1 Å². The Balaban J connectivity index is 0.000000980. The van der Waals surface area contributed by atoms with Gasteiger partial charge in [-0.2, -0.15) is 0 Å². The summed E-state index contributed by atoms with van der Waals surface area (Å²) in [4.78, 5) is 11.6. The van der Waals surface area contributed by atoms with Crippen LogP contribution in [0.4, 0.5) is 0 Å². The second kappa shape index (κ2) is 3.81. The number of hydrogen-bond acceptors (Lipinski definition) is 3. The Morgan fingerprint density at radius 1 is 1.14 bits per heavy atom. The smallest absolute Gasteiger partial charge is 0.311 e. The van der Waals surface area contributed by atoms with Gasteiger partial charge in [0, 0.05) is 5.54 Å². The van der Waals surface area contributed by atoms with Gasteiger partial charge in [0.2, 0.25) is 0 Å². The maximum atomic E-state index is 11.6. The van der Waals surface area contributed by atoms with Crippen molar-refractivity contribution in [2.45, 2.75) is 44.1 Å². The molecule has 4 heteroatoms.